The molecular weight excluding hydrogens is 214 g/mol. The monoisotopic (exact) mass is 237 g/mol. The van der Waals surface area contributed by atoms with Gasteiger partial charge in [0.1, 0.15) is 0 Å². The highest BCUT2D eigenvalue weighted by molar-refractivity contribution is 7.99. The molecule has 0 amide bonds. The Labute approximate surface area is 104 Å². The predicted molar refractivity (Wildman–Crippen MR) is 74.9 cm³/mol. The van der Waals surface area contributed by atoms with Gasteiger partial charge in [-0.2, -0.15) is 11.8 Å². The quantitative estimate of drug-likeness (QED) is 0.817. The van der Waals surface area contributed by atoms with Crippen molar-refractivity contribution in [2.45, 2.75) is 33.2 Å². The fourth-order valence-corrected chi connectivity index (χ4v) is 2.62. The lowest BCUT2D eigenvalue weighted by molar-refractivity contribution is 0.746. The van der Waals surface area contributed by atoms with E-state index >= 15 is 0 Å². The van der Waals surface area contributed by atoms with E-state index in [4.69, 9.17) is 5.73 Å². The number of hydrogen-bond donors (Lipinski definition) is 1. The molecule has 0 aliphatic carbocycles. The van der Waals surface area contributed by atoms with Crippen LogP contribution in [0.15, 0.2) is 24.3 Å². The average Bonchev–Trinajstić information content (AvgIpc) is 2.28. The molecule has 1 unspecified atom stereocenters. The lowest BCUT2D eigenvalue weighted by Gasteiger charge is -2.13. The maximum Gasteiger partial charge on any atom is 0.0386 e. The van der Waals surface area contributed by atoms with Crippen LogP contribution in [-0.4, -0.2) is 11.5 Å². The third kappa shape index (κ3) is 4.58. The fraction of sp³-hybridized carbons (Fsp3) is 0.571. The molecular formula is C14H23NS. The zero-order chi connectivity index (χ0) is 12.0. The number of thioether (sulfide) groups is 1. The maximum atomic E-state index is 6.18. The Morgan fingerprint density at radius 2 is 2.00 bits per heavy atom. The van der Waals surface area contributed by atoms with Crippen LogP contribution in [0, 0.1) is 5.92 Å². The zero-order valence-corrected chi connectivity index (χ0v) is 11.4. The Kier molecular flexibility index (Phi) is 5.93. The largest absolute Gasteiger partial charge is 0.323 e. The van der Waals surface area contributed by atoms with Crippen LogP contribution >= 0.6 is 11.8 Å². The highest BCUT2D eigenvalue weighted by Crippen LogP contribution is 2.19. The first-order valence-corrected chi connectivity index (χ1v) is 7.21. The second kappa shape index (κ2) is 6.97. The molecule has 2 heteroatoms. The third-order valence-corrected chi connectivity index (χ3v) is 4.03. The van der Waals surface area contributed by atoms with E-state index < -0.39 is 0 Å². The summed E-state index contributed by atoms with van der Waals surface area (Å²) in [5.41, 5.74) is 8.83. The Balaban J connectivity index is 2.48. The topological polar surface area (TPSA) is 26.0 Å². The van der Waals surface area contributed by atoms with Crippen molar-refractivity contribution in [1.82, 2.24) is 0 Å². The van der Waals surface area contributed by atoms with Crippen LogP contribution in [0.4, 0.5) is 0 Å². The molecule has 0 saturated carbocycles. The Bertz CT molecular complexity index is 309. The van der Waals surface area contributed by atoms with E-state index in [1.807, 2.05) is 11.8 Å². The molecule has 0 spiro atoms. The summed E-state index contributed by atoms with van der Waals surface area (Å²) in [4.78, 5) is 0. The van der Waals surface area contributed by atoms with Crippen LogP contribution in [0.1, 0.15) is 37.9 Å². The van der Waals surface area contributed by atoms with Gasteiger partial charge in [0, 0.05) is 11.8 Å². The molecule has 0 bridgehead atoms. The molecule has 0 fully saturated rings. The van der Waals surface area contributed by atoms with Gasteiger partial charge in [0.05, 0.1) is 0 Å². The molecule has 2 N–H and O–H groups in total. The second-order valence-corrected chi connectivity index (χ2v) is 5.71. The van der Waals surface area contributed by atoms with Gasteiger partial charge in [-0.3, -0.25) is 0 Å². The van der Waals surface area contributed by atoms with Gasteiger partial charge in [-0.25, -0.2) is 0 Å². The Morgan fingerprint density at radius 1 is 1.25 bits per heavy atom. The molecule has 16 heavy (non-hydrogen) atoms. The number of rotatable bonds is 6. The van der Waals surface area contributed by atoms with Crippen molar-refractivity contribution in [2.75, 3.05) is 11.5 Å². The number of nitrogens with two attached hydrogens (primary N) is 1. The van der Waals surface area contributed by atoms with E-state index in [0.29, 0.717) is 0 Å². The minimum atomic E-state index is 0.176. The molecule has 0 saturated heterocycles. The molecule has 1 aromatic rings. The fourth-order valence-electron chi connectivity index (χ4n) is 1.57. The van der Waals surface area contributed by atoms with Crippen molar-refractivity contribution < 1.29 is 0 Å². The van der Waals surface area contributed by atoms with Crippen LogP contribution in [0.3, 0.4) is 0 Å². The second-order valence-electron chi connectivity index (χ2n) is 4.64. The van der Waals surface area contributed by atoms with E-state index in [0.717, 1.165) is 18.1 Å². The molecule has 1 nitrogen and oxygen atoms in total. The van der Waals surface area contributed by atoms with Gasteiger partial charge in [-0.05, 0) is 29.2 Å². The summed E-state index contributed by atoms with van der Waals surface area (Å²) in [6, 6.07) is 8.83. The summed E-state index contributed by atoms with van der Waals surface area (Å²) in [6.07, 6.45) is 1.08. The number of hydrogen-bond acceptors (Lipinski definition) is 2. The van der Waals surface area contributed by atoms with E-state index in [9.17, 15) is 0 Å². The van der Waals surface area contributed by atoms with Gasteiger partial charge in [0.15, 0.2) is 0 Å². The SMILES string of the molecule is CCc1cccc(C(N)CSCC(C)C)c1. The van der Waals surface area contributed by atoms with Gasteiger partial charge >= 0.3 is 0 Å². The van der Waals surface area contributed by atoms with E-state index in [-0.39, 0.29) is 6.04 Å². The van der Waals surface area contributed by atoms with Gasteiger partial charge in [-0.15, -0.1) is 0 Å². The lowest BCUT2D eigenvalue weighted by Crippen LogP contribution is -2.14. The van der Waals surface area contributed by atoms with Crippen molar-refractivity contribution in [1.29, 1.82) is 0 Å². The number of aryl methyl sites for hydroxylation is 1. The van der Waals surface area contributed by atoms with Crippen LogP contribution in [-0.2, 0) is 6.42 Å². The molecule has 0 aliphatic rings. The normalized spacial score (nSPS) is 13.1. The van der Waals surface area contributed by atoms with Gasteiger partial charge in [0.2, 0.25) is 0 Å². The average molecular weight is 237 g/mol. The molecule has 1 aromatic carbocycles. The zero-order valence-electron chi connectivity index (χ0n) is 10.6. The first-order valence-electron chi connectivity index (χ1n) is 6.05. The first kappa shape index (κ1) is 13.6. The van der Waals surface area contributed by atoms with Crippen molar-refractivity contribution in [2.24, 2.45) is 11.7 Å². The molecule has 0 radical (unpaired) electrons. The molecule has 1 rings (SSSR count). The van der Waals surface area contributed by atoms with Gasteiger partial charge in [-0.1, -0.05) is 45.0 Å². The van der Waals surface area contributed by atoms with E-state index in [1.54, 1.807) is 0 Å². The standard InChI is InChI=1S/C14H23NS/c1-4-12-6-5-7-13(8-12)14(15)10-16-9-11(2)3/h5-8,11,14H,4,9-10,15H2,1-3H3. The molecule has 0 aromatic heterocycles. The van der Waals surface area contributed by atoms with Crippen molar-refractivity contribution in [3.8, 4) is 0 Å². The smallest absolute Gasteiger partial charge is 0.0386 e. The summed E-state index contributed by atoms with van der Waals surface area (Å²) < 4.78 is 0. The minimum absolute atomic E-state index is 0.176. The van der Waals surface area contributed by atoms with E-state index in [1.165, 1.54) is 16.9 Å². The molecule has 0 aliphatic heterocycles. The summed E-state index contributed by atoms with van der Waals surface area (Å²) in [7, 11) is 0. The first-order chi connectivity index (χ1) is 7.63. The van der Waals surface area contributed by atoms with Gasteiger partial charge in [0.25, 0.3) is 0 Å². The molecule has 0 heterocycles. The van der Waals surface area contributed by atoms with Crippen molar-refractivity contribution >= 4 is 11.8 Å². The third-order valence-electron chi connectivity index (χ3n) is 2.54. The van der Waals surface area contributed by atoms with Gasteiger partial charge < -0.3 is 5.73 Å². The minimum Gasteiger partial charge on any atom is -0.323 e. The Morgan fingerprint density at radius 3 is 2.62 bits per heavy atom. The van der Waals surface area contributed by atoms with Crippen molar-refractivity contribution in [3.63, 3.8) is 0 Å². The molecule has 90 valence electrons. The van der Waals surface area contributed by atoms with Crippen LogP contribution in [0.2, 0.25) is 0 Å². The summed E-state index contributed by atoms with van der Waals surface area (Å²) in [5, 5.41) is 0. The maximum absolute atomic E-state index is 6.18. The predicted octanol–water partition coefficient (Wildman–Crippen LogP) is 3.64. The lowest BCUT2D eigenvalue weighted by atomic mass is 10.0. The van der Waals surface area contributed by atoms with Crippen molar-refractivity contribution in [3.05, 3.63) is 35.4 Å². The Hall–Kier alpha value is -0.470. The highest BCUT2D eigenvalue weighted by Gasteiger charge is 2.06. The molecule has 1 atom stereocenters. The van der Waals surface area contributed by atoms with E-state index in [2.05, 4.69) is 45.0 Å². The summed E-state index contributed by atoms with van der Waals surface area (Å²) in [6.45, 7) is 6.67. The van der Waals surface area contributed by atoms with Crippen LogP contribution < -0.4 is 5.73 Å². The summed E-state index contributed by atoms with van der Waals surface area (Å²) in [5.74, 6) is 2.96. The number of benzene rings is 1. The van der Waals surface area contributed by atoms with Crippen LogP contribution in [0.5, 0.6) is 0 Å². The summed E-state index contributed by atoms with van der Waals surface area (Å²) >= 11 is 1.95. The highest BCUT2D eigenvalue weighted by atomic mass is 32.2. The van der Waals surface area contributed by atoms with Crippen LogP contribution in [0.25, 0.3) is 0 Å².